The topological polar surface area (TPSA) is 68.9 Å². The van der Waals surface area contributed by atoms with Crippen LogP contribution >= 0.6 is 0 Å². The standard InChI is InChI=1S/C19H22FN3O2/c1-24-16-6-7-18(25-2)17(11-16)23-19(21)22-15-9-13(10-15)12-4-3-5-14(20)8-12/h3-8,11,13,15H,9-10H2,1-2H3,(H3,21,22,23). The van der Waals surface area contributed by atoms with E-state index in [-0.39, 0.29) is 11.9 Å². The molecule has 0 spiro atoms. The molecule has 2 aromatic carbocycles. The molecule has 1 aliphatic carbocycles. The Morgan fingerprint density at radius 3 is 2.64 bits per heavy atom. The largest absolute Gasteiger partial charge is 0.497 e. The van der Waals surface area contributed by atoms with E-state index in [4.69, 9.17) is 15.2 Å². The third-order valence-electron chi connectivity index (χ3n) is 4.42. The second-order valence-electron chi connectivity index (χ2n) is 6.08. The SMILES string of the molecule is COc1ccc(OC)c(NC(N)=NC2CC(c3cccc(F)c3)C2)c1. The van der Waals surface area contributed by atoms with Crippen LogP contribution < -0.4 is 20.5 Å². The van der Waals surface area contributed by atoms with Crippen molar-refractivity contribution in [2.75, 3.05) is 19.5 Å². The van der Waals surface area contributed by atoms with Crippen molar-refractivity contribution in [3.8, 4) is 11.5 Å². The molecule has 5 nitrogen and oxygen atoms in total. The molecular formula is C19H22FN3O2. The van der Waals surface area contributed by atoms with Gasteiger partial charge in [-0.15, -0.1) is 0 Å². The number of nitrogens with zero attached hydrogens (tertiary/aromatic N) is 1. The smallest absolute Gasteiger partial charge is 0.193 e. The third-order valence-corrected chi connectivity index (χ3v) is 4.42. The lowest BCUT2D eigenvalue weighted by Crippen LogP contribution is -2.31. The predicted octanol–water partition coefficient (Wildman–Crippen LogP) is 3.52. The van der Waals surface area contributed by atoms with Crippen molar-refractivity contribution in [2.45, 2.75) is 24.8 Å². The number of nitrogens with one attached hydrogen (secondary N) is 1. The van der Waals surface area contributed by atoms with Crippen LogP contribution in [0, 0.1) is 5.82 Å². The Morgan fingerprint density at radius 1 is 1.16 bits per heavy atom. The number of hydrogen-bond donors (Lipinski definition) is 2. The number of methoxy groups -OCH3 is 2. The van der Waals surface area contributed by atoms with Gasteiger partial charge in [-0.3, -0.25) is 0 Å². The first-order chi connectivity index (χ1) is 12.1. The zero-order valence-corrected chi connectivity index (χ0v) is 14.3. The lowest BCUT2D eigenvalue weighted by molar-refractivity contribution is 0.352. The molecule has 0 bridgehead atoms. The molecule has 0 aromatic heterocycles. The fourth-order valence-corrected chi connectivity index (χ4v) is 3.00. The molecule has 3 N–H and O–H groups in total. The number of halogens is 1. The van der Waals surface area contributed by atoms with Crippen LogP contribution in [0.1, 0.15) is 24.3 Å². The highest BCUT2D eigenvalue weighted by atomic mass is 19.1. The molecule has 1 aliphatic rings. The highest BCUT2D eigenvalue weighted by molar-refractivity contribution is 5.94. The summed E-state index contributed by atoms with van der Waals surface area (Å²) in [5.74, 6) is 1.82. The second-order valence-corrected chi connectivity index (χ2v) is 6.08. The van der Waals surface area contributed by atoms with Crippen molar-refractivity contribution in [1.29, 1.82) is 0 Å². The summed E-state index contributed by atoms with van der Waals surface area (Å²) < 4.78 is 23.8. The fourth-order valence-electron chi connectivity index (χ4n) is 3.00. The van der Waals surface area contributed by atoms with Crippen LogP contribution in [0.2, 0.25) is 0 Å². The number of benzene rings is 2. The van der Waals surface area contributed by atoms with Gasteiger partial charge < -0.3 is 20.5 Å². The number of guanidine groups is 1. The summed E-state index contributed by atoms with van der Waals surface area (Å²) in [7, 11) is 3.19. The van der Waals surface area contributed by atoms with Crippen molar-refractivity contribution in [3.63, 3.8) is 0 Å². The first kappa shape index (κ1) is 17.1. The predicted molar refractivity (Wildman–Crippen MR) is 97.0 cm³/mol. The number of ether oxygens (including phenoxy) is 2. The average molecular weight is 343 g/mol. The zero-order valence-electron chi connectivity index (χ0n) is 14.3. The maximum atomic E-state index is 13.3. The van der Waals surface area contributed by atoms with E-state index in [1.807, 2.05) is 12.1 Å². The number of anilines is 1. The van der Waals surface area contributed by atoms with Crippen LogP contribution in [0.25, 0.3) is 0 Å². The van der Waals surface area contributed by atoms with E-state index in [0.29, 0.717) is 29.1 Å². The Bertz CT molecular complexity index is 773. The van der Waals surface area contributed by atoms with Gasteiger partial charge in [0.2, 0.25) is 0 Å². The molecular weight excluding hydrogens is 321 g/mol. The van der Waals surface area contributed by atoms with Gasteiger partial charge in [0, 0.05) is 6.07 Å². The normalized spacial score (nSPS) is 19.9. The van der Waals surface area contributed by atoms with Gasteiger partial charge in [-0.25, -0.2) is 9.38 Å². The zero-order chi connectivity index (χ0) is 17.8. The number of aliphatic imine (C=N–C) groups is 1. The van der Waals surface area contributed by atoms with E-state index in [1.54, 1.807) is 38.5 Å². The van der Waals surface area contributed by atoms with E-state index in [0.717, 1.165) is 18.4 Å². The van der Waals surface area contributed by atoms with Gasteiger partial charge in [-0.2, -0.15) is 0 Å². The molecule has 0 saturated heterocycles. The summed E-state index contributed by atoms with van der Waals surface area (Å²) in [6.45, 7) is 0. The monoisotopic (exact) mass is 343 g/mol. The first-order valence-electron chi connectivity index (χ1n) is 8.17. The van der Waals surface area contributed by atoms with Crippen LogP contribution in [0.3, 0.4) is 0 Å². The Hall–Kier alpha value is -2.76. The summed E-state index contributed by atoms with van der Waals surface area (Å²) in [6, 6.07) is 12.3. The summed E-state index contributed by atoms with van der Waals surface area (Å²) in [5.41, 5.74) is 7.74. The van der Waals surface area contributed by atoms with Gasteiger partial charge >= 0.3 is 0 Å². The van der Waals surface area contributed by atoms with Crippen molar-refractivity contribution in [2.24, 2.45) is 10.7 Å². The van der Waals surface area contributed by atoms with Crippen LogP contribution in [0.15, 0.2) is 47.5 Å². The Morgan fingerprint density at radius 2 is 1.96 bits per heavy atom. The first-order valence-corrected chi connectivity index (χ1v) is 8.17. The third kappa shape index (κ3) is 4.02. The van der Waals surface area contributed by atoms with Gasteiger partial charge in [0.1, 0.15) is 17.3 Å². The van der Waals surface area contributed by atoms with Crippen LogP contribution in [0.4, 0.5) is 10.1 Å². The van der Waals surface area contributed by atoms with Gasteiger partial charge in [-0.1, -0.05) is 12.1 Å². The van der Waals surface area contributed by atoms with Gasteiger partial charge in [0.25, 0.3) is 0 Å². The molecule has 0 amide bonds. The van der Waals surface area contributed by atoms with E-state index >= 15 is 0 Å². The molecule has 25 heavy (non-hydrogen) atoms. The van der Waals surface area contributed by atoms with Crippen LogP contribution in [-0.2, 0) is 0 Å². The quantitative estimate of drug-likeness (QED) is 0.644. The van der Waals surface area contributed by atoms with Crippen molar-refractivity contribution >= 4 is 11.6 Å². The lowest BCUT2D eigenvalue weighted by Gasteiger charge is -2.33. The molecule has 0 aliphatic heterocycles. The Balaban J connectivity index is 1.62. The number of rotatable bonds is 5. The minimum absolute atomic E-state index is 0.136. The fraction of sp³-hybridized carbons (Fsp3) is 0.316. The van der Waals surface area contributed by atoms with E-state index in [9.17, 15) is 4.39 Å². The van der Waals surface area contributed by atoms with Gasteiger partial charge in [-0.05, 0) is 48.6 Å². The van der Waals surface area contributed by atoms with E-state index in [2.05, 4.69) is 10.3 Å². The molecule has 3 rings (SSSR count). The average Bonchev–Trinajstić information content (AvgIpc) is 2.57. The van der Waals surface area contributed by atoms with Crippen molar-refractivity contribution in [1.82, 2.24) is 0 Å². The molecule has 0 atom stereocenters. The molecule has 1 saturated carbocycles. The van der Waals surface area contributed by atoms with Gasteiger partial charge in [0.15, 0.2) is 5.96 Å². The van der Waals surface area contributed by atoms with Crippen molar-refractivity contribution < 1.29 is 13.9 Å². The van der Waals surface area contributed by atoms with Crippen molar-refractivity contribution in [3.05, 3.63) is 53.8 Å². The number of hydrogen-bond acceptors (Lipinski definition) is 3. The summed E-state index contributed by atoms with van der Waals surface area (Å²) in [5, 5.41) is 3.06. The van der Waals surface area contributed by atoms with Crippen LogP contribution in [0.5, 0.6) is 11.5 Å². The molecule has 0 radical (unpaired) electrons. The number of nitrogens with two attached hydrogens (primary N) is 1. The minimum Gasteiger partial charge on any atom is -0.497 e. The van der Waals surface area contributed by atoms with Crippen LogP contribution in [-0.4, -0.2) is 26.2 Å². The van der Waals surface area contributed by atoms with Gasteiger partial charge in [0.05, 0.1) is 25.9 Å². The lowest BCUT2D eigenvalue weighted by atomic mass is 9.76. The van der Waals surface area contributed by atoms with E-state index < -0.39 is 0 Å². The molecule has 132 valence electrons. The minimum atomic E-state index is -0.198. The highest BCUT2D eigenvalue weighted by Gasteiger charge is 2.30. The maximum Gasteiger partial charge on any atom is 0.193 e. The maximum absolute atomic E-state index is 13.3. The molecule has 1 fully saturated rings. The Labute approximate surface area is 146 Å². The molecule has 0 unspecified atom stereocenters. The summed E-state index contributed by atoms with van der Waals surface area (Å²) in [6.07, 6.45) is 1.72. The molecule has 6 heteroatoms. The summed E-state index contributed by atoms with van der Waals surface area (Å²) >= 11 is 0. The molecule has 0 heterocycles. The molecule has 2 aromatic rings. The second kappa shape index (κ2) is 7.42. The Kier molecular flexibility index (Phi) is 5.07. The summed E-state index contributed by atoms with van der Waals surface area (Å²) in [4.78, 5) is 4.50. The highest BCUT2D eigenvalue weighted by Crippen LogP contribution is 2.39. The van der Waals surface area contributed by atoms with E-state index in [1.165, 1.54) is 6.07 Å².